The number of hydrogen-bond donors (Lipinski definition) is 0. The second kappa shape index (κ2) is 9.69. The lowest BCUT2D eigenvalue weighted by molar-refractivity contribution is 0.487. The van der Waals surface area contributed by atoms with Crippen molar-refractivity contribution in [2.24, 2.45) is 0 Å². The van der Waals surface area contributed by atoms with Crippen LogP contribution in [0.15, 0.2) is 164 Å². The molecule has 2 heteroatoms. The maximum absolute atomic E-state index is 6.34. The van der Waals surface area contributed by atoms with Gasteiger partial charge >= 0.3 is 0 Å². The maximum atomic E-state index is 6.34. The summed E-state index contributed by atoms with van der Waals surface area (Å²) >= 11 is 0. The Morgan fingerprint density at radius 3 is 1.96 bits per heavy atom. The minimum absolute atomic E-state index is 0.904. The second-order valence-electron chi connectivity index (χ2n) is 12.1. The Morgan fingerprint density at radius 2 is 1.09 bits per heavy atom. The lowest BCUT2D eigenvalue weighted by Crippen LogP contribution is -1.97. The molecule has 0 spiro atoms. The van der Waals surface area contributed by atoms with Crippen LogP contribution in [0.2, 0.25) is 0 Å². The third kappa shape index (κ3) is 3.71. The Balaban J connectivity index is 1.09. The van der Waals surface area contributed by atoms with Crippen LogP contribution in [0.1, 0.15) is 0 Å². The van der Waals surface area contributed by atoms with Gasteiger partial charge in [0, 0.05) is 27.4 Å². The molecule has 0 fully saturated rings. The van der Waals surface area contributed by atoms with E-state index in [1.807, 2.05) is 0 Å². The molecule has 0 aliphatic carbocycles. The molecule has 214 valence electrons. The van der Waals surface area contributed by atoms with Crippen LogP contribution in [0.3, 0.4) is 0 Å². The average Bonchev–Trinajstić information content (AvgIpc) is 3.44. The van der Waals surface area contributed by atoms with E-state index < -0.39 is 0 Å². The molecule has 0 N–H and O–H groups in total. The van der Waals surface area contributed by atoms with Crippen molar-refractivity contribution in [1.29, 1.82) is 0 Å². The van der Waals surface area contributed by atoms with Crippen LogP contribution in [-0.2, 0) is 0 Å². The Bertz CT molecular complexity index is 2640. The summed E-state index contributed by atoms with van der Waals surface area (Å²) in [6.45, 7) is 0. The van der Waals surface area contributed by atoms with E-state index in [4.69, 9.17) is 4.74 Å². The first kappa shape index (κ1) is 25.2. The molecule has 1 aromatic heterocycles. The van der Waals surface area contributed by atoms with Crippen LogP contribution < -0.4 is 4.74 Å². The largest absolute Gasteiger partial charge is 0.456 e. The zero-order valence-electron chi connectivity index (χ0n) is 24.9. The van der Waals surface area contributed by atoms with Gasteiger partial charge in [-0.25, -0.2) is 0 Å². The van der Waals surface area contributed by atoms with Gasteiger partial charge in [0.25, 0.3) is 0 Å². The fraction of sp³-hybridized carbons (Fsp3) is 0. The van der Waals surface area contributed by atoms with E-state index in [2.05, 4.69) is 168 Å². The molecule has 10 rings (SSSR count). The predicted octanol–water partition coefficient (Wildman–Crippen LogP) is 12.2. The summed E-state index contributed by atoms with van der Waals surface area (Å²) in [7, 11) is 0. The van der Waals surface area contributed by atoms with Crippen molar-refractivity contribution in [2.75, 3.05) is 0 Å². The van der Waals surface area contributed by atoms with Gasteiger partial charge in [-0.2, -0.15) is 0 Å². The van der Waals surface area contributed by atoms with E-state index in [1.54, 1.807) is 0 Å². The predicted molar refractivity (Wildman–Crippen MR) is 192 cm³/mol. The molecule has 2 heterocycles. The first-order chi connectivity index (χ1) is 22.8. The highest BCUT2D eigenvalue weighted by Gasteiger charge is 2.20. The van der Waals surface area contributed by atoms with E-state index in [9.17, 15) is 0 Å². The standard InChI is InChI=1S/C44H27NO/c1-2-12-33(13-3-1)45-40-17-5-4-14-35(40)38-26-32-11-7-15-34(37(32)27-41(38)45)29-21-19-28(20-22-29)31-23-24-42-39(25-31)36-16-6-9-30-10-8-18-43(46-42)44(30)36/h1-27H. The SMILES string of the molecule is c1ccc(-n2c3ccccc3c3cc4cccc(-c5ccc(-c6ccc7c(c6)-c6cccc8cccc(c68)O7)cc5)c4cc32)cc1. The van der Waals surface area contributed by atoms with Gasteiger partial charge < -0.3 is 9.30 Å². The van der Waals surface area contributed by atoms with E-state index in [0.29, 0.717) is 0 Å². The van der Waals surface area contributed by atoms with Crippen molar-refractivity contribution in [3.8, 4) is 50.6 Å². The number of ether oxygens (including phenoxy) is 1. The summed E-state index contributed by atoms with van der Waals surface area (Å²) in [5, 5.41) is 7.42. The number of aromatic nitrogens is 1. The number of para-hydroxylation sites is 2. The molecular weight excluding hydrogens is 558 g/mol. The molecule has 0 atom stereocenters. The van der Waals surface area contributed by atoms with Crippen LogP contribution >= 0.6 is 0 Å². The third-order valence-electron chi connectivity index (χ3n) is 9.57. The van der Waals surface area contributed by atoms with Gasteiger partial charge in [0.05, 0.1) is 11.0 Å². The summed E-state index contributed by atoms with van der Waals surface area (Å²) in [4.78, 5) is 0. The molecule has 1 aliphatic rings. The van der Waals surface area contributed by atoms with Gasteiger partial charge in [-0.15, -0.1) is 0 Å². The number of benzene rings is 8. The quantitative estimate of drug-likeness (QED) is 0.201. The first-order valence-electron chi connectivity index (χ1n) is 15.8. The molecule has 0 amide bonds. The van der Waals surface area contributed by atoms with Crippen molar-refractivity contribution in [1.82, 2.24) is 4.57 Å². The highest BCUT2D eigenvalue weighted by Crippen LogP contribution is 2.47. The van der Waals surface area contributed by atoms with Gasteiger partial charge in [0.1, 0.15) is 11.5 Å². The summed E-state index contributed by atoms with van der Waals surface area (Å²) in [5.74, 6) is 1.83. The van der Waals surface area contributed by atoms with E-state index in [1.165, 1.54) is 76.9 Å². The van der Waals surface area contributed by atoms with Gasteiger partial charge in [0.15, 0.2) is 0 Å². The number of rotatable bonds is 3. The Hall–Kier alpha value is -6.12. The van der Waals surface area contributed by atoms with E-state index in [-0.39, 0.29) is 0 Å². The molecule has 1 aliphatic heterocycles. The van der Waals surface area contributed by atoms with Crippen LogP contribution in [0.4, 0.5) is 0 Å². The van der Waals surface area contributed by atoms with Crippen molar-refractivity contribution in [3.63, 3.8) is 0 Å². The highest BCUT2D eigenvalue weighted by molar-refractivity contribution is 6.15. The summed E-state index contributed by atoms with van der Waals surface area (Å²) in [5.41, 5.74) is 10.8. The lowest BCUT2D eigenvalue weighted by atomic mass is 9.91. The summed E-state index contributed by atoms with van der Waals surface area (Å²) < 4.78 is 8.73. The Morgan fingerprint density at radius 1 is 0.370 bits per heavy atom. The molecule has 2 nitrogen and oxygen atoms in total. The summed E-state index contributed by atoms with van der Waals surface area (Å²) in [6, 6.07) is 59.1. The molecule has 46 heavy (non-hydrogen) atoms. The molecule has 0 unspecified atom stereocenters. The van der Waals surface area contributed by atoms with Crippen LogP contribution in [0.25, 0.3) is 82.4 Å². The van der Waals surface area contributed by atoms with Crippen molar-refractivity contribution < 1.29 is 4.74 Å². The maximum Gasteiger partial charge on any atom is 0.135 e. The normalized spacial score (nSPS) is 12.1. The molecule has 0 bridgehead atoms. The third-order valence-corrected chi connectivity index (χ3v) is 9.57. The van der Waals surface area contributed by atoms with Gasteiger partial charge in [-0.05, 0) is 92.5 Å². The molecule has 8 aromatic carbocycles. The van der Waals surface area contributed by atoms with Crippen molar-refractivity contribution in [2.45, 2.75) is 0 Å². The second-order valence-corrected chi connectivity index (χ2v) is 12.1. The Labute approximate surface area is 266 Å². The lowest BCUT2D eigenvalue weighted by Gasteiger charge is -2.22. The Kier molecular flexibility index (Phi) is 5.31. The average molecular weight is 586 g/mol. The van der Waals surface area contributed by atoms with Gasteiger partial charge in [0.2, 0.25) is 0 Å². The number of nitrogens with zero attached hydrogens (tertiary/aromatic N) is 1. The zero-order chi connectivity index (χ0) is 30.2. The molecular formula is C44H27NO. The van der Waals surface area contributed by atoms with Crippen LogP contribution in [0, 0.1) is 0 Å². The van der Waals surface area contributed by atoms with Gasteiger partial charge in [-0.3, -0.25) is 0 Å². The molecule has 9 aromatic rings. The highest BCUT2D eigenvalue weighted by atomic mass is 16.5. The monoisotopic (exact) mass is 585 g/mol. The fourth-order valence-electron chi connectivity index (χ4n) is 7.43. The molecule has 0 saturated carbocycles. The first-order valence-corrected chi connectivity index (χ1v) is 15.8. The number of hydrogen-bond acceptors (Lipinski definition) is 1. The summed E-state index contributed by atoms with van der Waals surface area (Å²) in [6.07, 6.45) is 0. The topological polar surface area (TPSA) is 14.2 Å². The van der Waals surface area contributed by atoms with Crippen LogP contribution in [-0.4, -0.2) is 4.57 Å². The van der Waals surface area contributed by atoms with E-state index >= 15 is 0 Å². The smallest absolute Gasteiger partial charge is 0.135 e. The minimum Gasteiger partial charge on any atom is -0.456 e. The fourth-order valence-corrected chi connectivity index (χ4v) is 7.43. The molecule has 0 radical (unpaired) electrons. The van der Waals surface area contributed by atoms with Crippen molar-refractivity contribution >= 4 is 43.4 Å². The zero-order valence-corrected chi connectivity index (χ0v) is 24.9. The minimum atomic E-state index is 0.904. The van der Waals surface area contributed by atoms with Crippen LogP contribution in [0.5, 0.6) is 11.5 Å². The molecule has 0 saturated heterocycles. The van der Waals surface area contributed by atoms with E-state index in [0.717, 1.165) is 17.1 Å². The van der Waals surface area contributed by atoms with Gasteiger partial charge in [-0.1, -0.05) is 115 Å². The number of fused-ring (bicyclic) bond motifs is 6. The van der Waals surface area contributed by atoms with Crippen molar-refractivity contribution in [3.05, 3.63) is 164 Å².